The molecule has 0 atom stereocenters. The van der Waals surface area contributed by atoms with Crippen molar-refractivity contribution in [1.82, 2.24) is 14.8 Å². The fourth-order valence-corrected chi connectivity index (χ4v) is 4.25. The molecule has 1 aromatic carbocycles. The smallest absolute Gasteiger partial charge is 0.194 e. The molecule has 0 radical (unpaired) electrons. The zero-order valence-electron chi connectivity index (χ0n) is 18.4. The van der Waals surface area contributed by atoms with E-state index in [9.17, 15) is 0 Å². The predicted octanol–water partition coefficient (Wildman–Crippen LogP) is 3.83. The minimum absolute atomic E-state index is 0.0275. The van der Waals surface area contributed by atoms with Crippen molar-refractivity contribution in [1.29, 1.82) is 0 Å². The third kappa shape index (κ3) is 5.29. The first-order chi connectivity index (χ1) is 14.5. The van der Waals surface area contributed by atoms with Gasteiger partial charge in [-0.3, -0.25) is 4.99 Å². The van der Waals surface area contributed by atoms with Crippen LogP contribution in [-0.2, 0) is 23.7 Å². The molecule has 164 valence electrons. The first kappa shape index (κ1) is 22.5. The molecule has 1 aliphatic heterocycles. The van der Waals surface area contributed by atoms with Gasteiger partial charge in [0.05, 0.1) is 25.2 Å². The van der Waals surface area contributed by atoms with Crippen LogP contribution in [0.2, 0.25) is 5.02 Å². The highest BCUT2D eigenvalue weighted by Gasteiger charge is 2.34. The lowest BCUT2D eigenvalue weighted by Gasteiger charge is -2.37. The van der Waals surface area contributed by atoms with Gasteiger partial charge in [0.15, 0.2) is 5.96 Å². The normalized spacial score (nSPS) is 16.4. The highest BCUT2D eigenvalue weighted by Crippen LogP contribution is 2.36. The molecule has 7 heteroatoms. The monoisotopic (exact) mass is 432 g/mol. The van der Waals surface area contributed by atoms with Gasteiger partial charge in [-0.25, -0.2) is 0 Å². The summed E-state index contributed by atoms with van der Waals surface area (Å²) < 4.78 is 13.1. The largest absolute Gasteiger partial charge is 0.497 e. The molecule has 0 saturated carbocycles. The summed E-state index contributed by atoms with van der Waals surface area (Å²) in [5.41, 5.74) is 2.41. The molecule has 0 aliphatic carbocycles. The molecule has 1 N–H and O–H groups in total. The predicted molar refractivity (Wildman–Crippen MR) is 123 cm³/mol. The van der Waals surface area contributed by atoms with E-state index in [4.69, 9.17) is 26.1 Å². The summed E-state index contributed by atoms with van der Waals surface area (Å²) in [7, 11) is 5.77. The molecule has 3 rings (SSSR count). The number of hydrogen-bond acceptors (Lipinski definition) is 3. The number of halogens is 1. The van der Waals surface area contributed by atoms with Crippen molar-refractivity contribution >= 4 is 17.6 Å². The van der Waals surface area contributed by atoms with Gasteiger partial charge in [0.25, 0.3) is 0 Å². The molecule has 0 amide bonds. The molecule has 0 spiro atoms. The van der Waals surface area contributed by atoms with E-state index < -0.39 is 0 Å². The second kappa shape index (κ2) is 10.2. The second-order valence-electron chi connectivity index (χ2n) is 7.91. The molecular formula is C23H33ClN4O2. The molecule has 1 aliphatic rings. The number of ether oxygens (including phenoxy) is 2. The Hall–Kier alpha value is -2.18. The van der Waals surface area contributed by atoms with Crippen LogP contribution in [0, 0.1) is 0 Å². The average molecular weight is 433 g/mol. The van der Waals surface area contributed by atoms with Gasteiger partial charge in [-0.2, -0.15) is 0 Å². The van der Waals surface area contributed by atoms with E-state index in [2.05, 4.69) is 40.9 Å². The number of rotatable bonds is 7. The lowest BCUT2D eigenvalue weighted by molar-refractivity contribution is 0.0530. The average Bonchev–Trinajstić information content (AvgIpc) is 3.08. The minimum atomic E-state index is -0.0275. The van der Waals surface area contributed by atoms with Crippen LogP contribution in [0.4, 0.5) is 0 Å². The van der Waals surface area contributed by atoms with Gasteiger partial charge in [-0.05, 0) is 43.5 Å². The van der Waals surface area contributed by atoms with Crippen molar-refractivity contribution in [2.24, 2.45) is 12.0 Å². The zero-order valence-corrected chi connectivity index (χ0v) is 19.2. The Balaban J connectivity index is 1.82. The number of methoxy groups -OCH3 is 1. The summed E-state index contributed by atoms with van der Waals surface area (Å²) in [5.74, 6) is 1.77. The molecule has 2 aromatic rings. The fraction of sp³-hybridized carbons (Fsp3) is 0.522. The Morgan fingerprint density at radius 2 is 2.00 bits per heavy atom. The maximum atomic E-state index is 6.15. The Morgan fingerprint density at radius 1 is 1.30 bits per heavy atom. The second-order valence-corrected chi connectivity index (χ2v) is 8.34. The topological polar surface area (TPSA) is 51.0 Å². The molecule has 1 fully saturated rings. The molecular weight excluding hydrogens is 400 g/mol. The summed E-state index contributed by atoms with van der Waals surface area (Å²) in [6.07, 6.45) is 3.84. The molecule has 1 aromatic heterocycles. The van der Waals surface area contributed by atoms with Crippen LogP contribution in [0.1, 0.15) is 31.0 Å². The van der Waals surface area contributed by atoms with Crippen molar-refractivity contribution in [3.05, 3.63) is 52.8 Å². The maximum Gasteiger partial charge on any atom is 0.194 e. The third-order valence-corrected chi connectivity index (χ3v) is 6.06. The van der Waals surface area contributed by atoms with Crippen molar-refractivity contribution in [3.63, 3.8) is 0 Å². The van der Waals surface area contributed by atoms with Crippen LogP contribution in [0.5, 0.6) is 5.75 Å². The van der Waals surface area contributed by atoms with E-state index in [-0.39, 0.29) is 5.41 Å². The van der Waals surface area contributed by atoms with Gasteiger partial charge in [0.1, 0.15) is 5.75 Å². The highest BCUT2D eigenvalue weighted by atomic mass is 35.5. The van der Waals surface area contributed by atoms with Crippen LogP contribution in [0.15, 0.2) is 41.5 Å². The minimum Gasteiger partial charge on any atom is -0.497 e. The first-order valence-electron chi connectivity index (χ1n) is 10.5. The van der Waals surface area contributed by atoms with Crippen LogP contribution in [0.25, 0.3) is 0 Å². The van der Waals surface area contributed by atoms with E-state index in [1.807, 2.05) is 31.4 Å². The molecule has 0 bridgehead atoms. The van der Waals surface area contributed by atoms with Crippen molar-refractivity contribution in [3.8, 4) is 5.75 Å². The van der Waals surface area contributed by atoms with E-state index in [0.29, 0.717) is 6.54 Å². The number of aliphatic imine (C=N–C) groups is 1. The number of nitrogens with zero attached hydrogens (tertiary/aromatic N) is 3. The number of aryl methyl sites for hydroxylation is 1. The van der Waals surface area contributed by atoms with Gasteiger partial charge in [-0.1, -0.05) is 23.7 Å². The van der Waals surface area contributed by atoms with Gasteiger partial charge in [0, 0.05) is 51.2 Å². The number of benzene rings is 1. The number of aromatic nitrogens is 1. The van der Waals surface area contributed by atoms with Crippen molar-refractivity contribution < 1.29 is 9.47 Å². The number of nitrogens with one attached hydrogen (secondary N) is 1. The lowest BCUT2D eigenvalue weighted by atomic mass is 9.74. The first-order valence-corrected chi connectivity index (χ1v) is 10.9. The van der Waals surface area contributed by atoms with Gasteiger partial charge in [0.2, 0.25) is 0 Å². The standard InChI is InChI=1S/C23H33ClN4O2/c1-5-25-22(28(3)16-20-14-19(24)15-27(20)2)26-17-23(10-12-30-13-11-23)18-6-8-21(29-4)9-7-18/h6-9,14-15H,5,10-13,16-17H2,1-4H3,(H,25,26). The Kier molecular flexibility index (Phi) is 7.67. The van der Waals surface area contributed by atoms with Gasteiger partial charge >= 0.3 is 0 Å². The van der Waals surface area contributed by atoms with E-state index in [1.54, 1.807) is 7.11 Å². The van der Waals surface area contributed by atoms with E-state index in [0.717, 1.165) is 61.6 Å². The van der Waals surface area contributed by atoms with Crippen molar-refractivity contribution in [2.45, 2.75) is 31.7 Å². The van der Waals surface area contributed by atoms with Crippen LogP contribution < -0.4 is 10.1 Å². The lowest BCUT2D eigenvalue weighted by Crippen LogP contribution is -2.42. The summed E-state index contributed by atoms with van der Waals surface area (Å²) >= 11 is 6.15. The van der Waals surface area contributed by atoms with Crippen LogP contribution in [0.3, 0.4) is 0 Å². The number of hydrogen-bond donors (Lipinski definition) is 1. The SMILES string of the molecule is CCNC(=NCC1(c2ccc(OC)cc2)CCOCC1)N(C)Cc1cc(Cl)cn1C. The summed E-state index contributed by atoms with van der Waals surface area (Å²) in [4.78, 5) is 7.21. The quantitative estimate of drug-likeness (QED) is 0.533. The summed E-state index contributed by atoms with van der Waals surface area (Å²) in [6, 6.07) is 10.4. The Morgan fingerprint density at radius 3 is 2.57 bits per heavy atom. The van der Waals surface area contributed by atoms with E-state index >= 15 is 0 Å². The summed E-state index contributed by atoms with van der Waals surface area (Å²) in [5, 5.41) is 4.19. The molecule has 2 heterocycles. The van der Waals surface area contributed by atoms with E-state index in [1.165, 1.54) is 5.56 Å². The molecule has 1 saturated heterocycles. The van der Waals surface area contributed by atoms with Crippen LogP contribution >= 0.6 is 11.6 Å². The highest BCUT2D eigenvalue weighted by molar-refractivity contribution is 6.30. The number of guanidine groups is 1. The molecule has 0 unspecified atom stereocenters. The van der Waals surface area contributed by atoms with Crippen molar-refractivity contribution in [2.75, 3.05) is 40.5 Å². The van der Waals surface area contributed by atoms with Gasteiger partial charge in [-0.15, -0.1) is 0 Å². The van der Waals surface area contributed by atoms with Gasteiger partial charge < -0.3 is 24.3 Å². The Bertz CT molecular complexity index is 841. The molecule has 30 heavy (non-hydrogen) atoms. The third-order valence-electron chi connectivity index (χ3n) is 5.85. The Labute approximate surface area is 184 Å². The fourth-order valence-electron chi connectivity index (χ4n) is 3.98. The molecule has 6 nitrogen and oxygen atoms in total. The zero-order chi connectivity index (χ0) is 21.6. The maximum absolute atomic E-state index is 6.15. The van der Waals surface area contributed by atoms with Crippen LogP contribution in [-0.4, -0.2) is 55.9 Å². The summed E-state index contributed by atoms with van der Waals surface area (Å²) in [6.45, 7) is 5.87.